The fourth-order valence-electron chi connectivity index (χ4n) is 8.47. The summed E-state index contributed by atoms with van der Waals surface area (Å²) >= 11 is 0. The SMILES string of the molecule is C[C@@H](CCCCNC(=O)COCCOCCNC(=O)COCCOCCCOCCNC(=O)CCCC(=O)N[C@@H](CCCCNC(=O)CC[C@@H](C(=O)O)N(CCN(CC(=O)O)CC(=O)O)CCN(CC(=O)O)CC(=O)O)C(=O)NCCCC[C@H](C)C(N)=O)C(N)=O. The van der Waals surface area contributed by atoms with E-state index < -0.39 is 91.7 Å². The number of carbonyl (C=O) groups excluding carboxylic acids is 8. The van der Waals surface area contributed by atoms with Crippen molar-refractivity contribution in [2.75, 3.05) is 151 Å². The largest absolute Gasteiger partial charge is 0.480 e. The summed E-state index contributed by atoms with van der Waals surface area (Å²) in [4.78, 5) is 160. The number of amides is 8. The number of hydrogen-bond acceptors (Lipinski definition) is 21. The molecule has 8 amide bonds. The van der Waals surface area contributed by atoms with E-state index in [0.29, 0.717) is 64.7 Å². The predicted octanol–water partition coefficient (Wildman–Crippen LogP) is -3.07. The molecule has 0 aromatic heterocycles. The van der Waals surface area contributed by atoms with E-state index in [4.69, 9.17) is 35.2 Å². The molecule has 0 saturated heterocycles. The summed E-state index contributed by atoms with van der Waals surface area (Å²) in [5.41, 5.74) is 10.6. The Hall–Kier alpha value is -7.21. The van der Waals surface area contributed by atoms with Crippen molar-refractivity contribution in [2.24, 2.45) is 23.3 Å². The summed E-state index contributed by atoms with van der Waals surface area (Å²) in [6.07, 6.45) is 4.68. The Bertz CT molecular complexity index is 2130. The van der Waals surface area contributed by atoms with E-state index in [-0.39, 0.29) is 179 Å². The fourth-order valence-corrected chi connectivity index (χ4v) is 8.47. The van der Waals surface area contributed by atoms with E-state index in [1.807, 2.05) is 0 Å². The fraction of sp³-hybridized carbons (Fsp3) is 0.772. The molecule has 0 fully saturated rings. The summed E-state index contributed by atoms with van der Waals surface area (Å²) in [5, 5.41) is 63.7. The second-order valence-corrected chi connectivity index (χ2v) is 21.5. The highest BCUT2D eigenvalue weighted by Gasteiger charge is 2.29. The van der Waals surface area contributed by atoms with Gasteiger partial charge in [0.05, 0.1) is 65.8 Å². The van der Waals surface area contributed by atoms with E-state index in [1.54, 1.807) is 13.8 Å². The molecule has 4 atom stereocenters. The lowest BCUT2D eigenvalue weighted by Crippen LogP contribution is -2.50. The number of unbranched alkanes of at least 4 members (excludes halogenated alkanes) is 3. The van der Waals surface area contributed by atoms with Crippen molar-refractivity contribution in [3.8, 4) is 0 Å². The molecule has 15 N–H and O–H groups in total. The third-order valence-corrected chi connectivity index (χ3v) is 13.6. The molecule has 0 aromatic carbocycles. The number of aliphatic carboxylic acids is 5. The normalized spacial score (nSPS) is 12.5. The van der Waals surface area contributed by atoms with Crippen LogP contribution in [-0.4, -0.2) is 281 Å². The molecule has 0 aliphatic heterocycles. The van der Waals surface area contributed by atoms with Crippen LogP contribution in [0.2, 0.25) is 0 Å². The van der Waals surface area contributed by atoms with Crippen molar-refractivity contribution >= 4 is 77.1 Å². The summed E-state index contributed by atoms with van der Waals surface area (Å²) in [7, 11) is 0. The molecule has 0 rings (SSSR count). The lowest BCUT2D eigenvalue weighted by atomic mass is 10.0. The number of nitrogens with two attached hydrogens (primary N) is 2. The molecule has 0 saturated carbocycles. The molecule has 0 aliphatic rings. The third kappa shape index (κ3) is 50.2. The summed E-state index contributed by atoms with van der Waals surface area (Å²) in [6.45, 7) is 2.79. The Labute approximate surface area is 530 Å². The maximum absolute atomic E-state index is 13.3. The van der Waals surface area contributed by atoms with Gasteiger partial charge in [-0.1, -0.05) is 26.7 Å². The van der Waals surface area contributed by atoms with Gasteiger partial charge in [-0.2, -0.15) is 0 Å². The Morgan fingerprint density at radius 3 is 1.23 bits per heavy atom. The molecule has 0 unspecified atom stereocenters. The van der Waals surface area contributed by atoms with Crippen LogP contribution in [0.5, 0.6) is 0 Å². The molecule has 0 spiro atoms. The van der Waals surface area contributed by atoms with Crippen LogP contribution in [-0.2, 0) is 86.0 Å². The van der Waals surface area contributed by atoms with Gasteiger partial charge in [0, 0.05) is 103 Å². The van der Waals surface area contributed by atoms with Gasteiger partial charge in [0.2, 0.25) is 47.3 Å². The van der Waals surface area contributed by atoms with E-state index in [1.165, 1.54) is 4.90 Å². The zero-order valence-electron chi connectivity index (χ0n) is 52.8. The molecule has 522 valence electrons. The number of primary amides is 2. The number of carbonyl (C=O) groups is 13. The van der Waals surface area contributed by atoms with Gasteiger partial charge in [-0.3, -0.25) is 77.0 Å². The predicted molar refractivity (Wildman–Crippen MR) is 323 cm³/mol. The first-order valence-electron chi connectivity index (χ1n) is 30.7. The number of nitrogens with zero attached hydrogens (tertiary/aromatic N) is 3. The number of hydrogen-bond donors (Lipinski definition) is 13. The minimum atomic E-state index is -1.42. The molecule has 34 nitrogen and oxygen atoms in total. The summed E-state index contributed by atoms with van der Waals surface area (Å²) in [5.74, 6) is -10.5. The van der Waals surface area contributed by atoms with Gasteiger partial charge in [-0.15, -0.1) is 0 Å². The Morgan fingerprint density at radius 2 is 0.769 bits per heavy atom. The number of ether oxygens (including phenoxy) is 5. The molecule has 0 bridgehead atoms. The molecular weight excluding hydrogens is 1210 g/mol. The van der Waals surface area contributed by atoms with E-state index in [0.717, 1.165) is 22.6 Å². The van der Waals surface area contributed by atoms with E-state index in [2.05, 4.69) is 31.9 Å². The minimum absolute atomic E-state index is 0.0198. The van der Waals surface area contributed by atoms with Gasteiger partial charge in [0.25, 0.3) is 0 Å². The highest BCUT2D eigenvalue weighted by Crippen LogP contribution is 2.12. The lowest BCUT2D eigenvalue weighted by molar-refractivity contribution is -0.146. The Morgan fingerprint density at radius 1 is 0.385 bits per heavy atom. The molecule has 91 heavy (non-hydrogen) atoms. The van der Waals surface area contributed by atoms with Crippen LogP contribution in [0.4, 0.5) is 0 Å². The maximum Gasteiger partial charge on any atom is 0.320 e. The van der Waals surface area contributed by atoms with Crippen molar-refractivity contribution in [1.29, 1.82) is 0 Å². The van der Waals surface area contributed by atoms with Gasteiger partial charge in [-0.25, -0.2) is 0 Å². The van der Waals surface area contributed by atoms with Crippen LogP contribution in [0.3, 0.4) is 0 Å². The van der Waals surface area contributed by atoms with Crippen molar-refractivity contribution in [2.45, 2.75) is 122 Å². The first-order chi connectivity index (χ1) is 43.3. The van der Waals surface area contributed by atoms with Crippen LogP contribution in [0.1, 0.15) is 110 Å². The highest BCUT2D eigenvalue weighted by molar-refractivity contribution is 5.88. The Kier molecular flexibility index (Phi) is 49.2. The van der Waals surface area contributed by atoms with Gasteiger partial charge < -0.3 is 92.6 Å². The zero-order valence-corrected chi connectivity index (χ0v) is 52.8. The second-order valence-electron chi connectivity index (χ2n) is 21.5. The molecule has 0 aliphatic carbocycles. The molecule has 34 heteroatoms. The average Bonchev–Trinajstić information content (AvgIpc) is 3.03. The smallest absolute Gasteiger partial charge is 0.320 e. The van der Waals surface area contributed by atoms with Gasteiger partial charge in [-0.05, 0) is 64.2 Å². The number of nitrogens with one attached hydrogen (secondary N) is 6. The summed E-state index contributed by atoms with van der Waals surface area (Å²) in [6, 6.07) is -2.41. The van der Waals surface area contributed by atoms with E-state index >= 15 is 0 Å². The maximum atomic E-state index is 13.3. The average molecular weight is 1310 g/mol. The molecular formula is C57H101N11O23. The topological polar surface area (TPSA) is 503 Å². The van der Waals surface area contributed by atoms with Crippen molar-refractivity contribution in [3.05, 3.63) is 0 Å². The molecule has 0 heterocycles. The van der Waals surface area contributed by atoms with Gasteiger partial charge in [0.1, 0.15) is 25.3 Å². The van der Waals surface area contributed by atoms with Gasteiger partial charge in [0.15, 0.2) is 0 Å². The highest BCUT2D eigenvalue weighted by atomic mass is 16.5. The standard InChI is InChI=1S/C57H101N11O23/c1-41(54(58)82)11-3-6-19-61-48(72)39-91-34-32-89-30-22-63-49(73)40-90-33-31-88-28-10-27-87-29-21-62-45(69)14-9-15-47(71)65-43(56(84)64-20-7-4-12-42(2)55(59)83)13-5-8-18-60-46(70)17-16-44(57(85)86)68(25-23-66(35-50(74)75)36-51(76)77)26-24-67(37-52(78)79)38-53(80)81/h41-44H,3-40H2,1-2H3,(H2,58,82)(H2,59,83)(H,60,70)(H,61,72)(H,62,69)(H,63,73)(H,64,84)(H,65,71)(H,74,75)(H,76,77)(H,78,79)(H,80,81)(H,85,86)/t41-,42-,43-,44-/m0/s1. The van der Waals surface area contributed by atoms with Crippen molar-refractivity contribution in [1.82, 2.24) is 46.6 Å². The Balaban J connectivity index is 4.78. The van der Waals surface area contributed by atoms with Crippen molar-refractivity contribution in [3.63, 3.8) is 0 Å². The number of carboxylic acids is 5. The third-order valence-electron chi connectivity index (χ3n) is 13.6. The monoisotopic (exact) mass is 1310 g/mol. The number of carboxylic acid groups (broad SMARTS) is 5. The molecule has 0 radical (unpaired) electrons. The first kappa shape index (κ1) is 83.8. The van der Waals surface area contributed by atoms with Crippen LogP contribution in [0.15, 0.2) is 0 Å². The van der Waals surface area contributed by atoms with Crippen molar-refractivity contribution < 1.29 is 112 Å². The molecule has 0 aromatic rings. The second kappa shape index (κ2) is 53.5. The van der Waals surface area contributed by atoms with Crippen LogP contribution < -0.4 is 43.4 Å². The zero-order chi connectivity index (χ0) is 68.2. The van der Waals surface area contributed by atoms with Crippen LogP contribution in [0, 0.1) is 11.8 Å². The van der Waals surface area contributed by atoms with Gasteiger partial charge >= 0.3 is 29.8 Å². The quantitative estimate of drug-likeness (QED) is 0.0269. The first-order valence-corrected chi connectivity index (χ1v) is 30.7. The summed E-state index contributed by atoms with van der Waals surface area (Å²) < 4.78 is 27.0. The van der Waals surface area contributed by atoms with Crippen LogP contribution >= 0.6 is 0 Å². The lowest BCUT2D eigenvalue weighted by Gasteiger charge is -2.32. The van der Waals surface area contributed by atoms with Crippen LogP contribution in [0.25, 0.3) is 0 Å². The van der Waals surface area contributed by atoms with E-state index in [9.17, 15) is 87.9 Å². The number of rotatable bonds is 62. The minimum Gasteiger partial charge on any atom is -0.480 e.